The van der Waals surface area contributed by atoms with E-state index in [4.69, 9.17) is 4.74 Å². The van der Waals surface area contributed by atoms with Crippen molar-refractivity contribution in [2.24, 2.45) is 0 Å². The van der Waals surface area contributed by atoms with Gasteiger partial charge >= 0.3 is 0 Å². The maximum atomic E-state index is 12.5. The Labute approximate surface area is 147 Å². The van der Waals surface area contributed by atoms with Crippen molar-refractivity contribution in [3.05, 3.63) is 59.4 Å². The molecule has 25 heavy (non-hydrogen) atoms. The minimum atomic E-state index is -0.177. The molecule has 5 heteroatoms. The Kier molecular flexibility index (Phi) is 4.93. The van der Waals surface area contributed by atoms with Crippen molar-refractivity contribution in [2.75, 3.05) is 11.9 Å². The SMILES string of the molecule is CCCOc1ccc(NC(=O)c2ccc3nc(C)c(C)nc3c2)cc1. The molecule has 0 aliphatic heterocycles. The summed E-state index contributed by atoms with van der Waals surface area (Å²) in [6.45, 7) is 6.58. The van der Waals surface area contributed by atoms with Crippen LogP contribution in [0.15, 0.2) is 42.5 Å². The molecule has 0 fully saturated rings. The van der Waals surface area contributed by atoms with E-state index in [1.807, 2.05) is 44.2 Å². The van der Waals surface area contributed by atoms with Gasteiger partial charge in [-0.1, -0.05) is 6.92 Å². The van der Waals surface area contributed by atoms with Gasteiger partial charge < -0.3 is 10.1 Å². The number of benzene rings is 2. The molecule has 0 unspecified atom stereocenters. The monoisotopic (exact) mass is 335 g/mol. The normalized spacial score (nSPS) is 10.7. The summed E-state index contributed by atoms with van der Waals surface area (Å²) < 4.78 is 5.54. The predicted octanol–water partition coefficient (Wildman–Crippen LogP) is 4.29. The van der Waals surface area contributed by atoms with Crippen molar-refractivity contribution in [3.8, 4) is 5.75 Å². The lowest BCUT2D eigenvalue weighted by Gasteiger charge is -2.08. The van der Waals surface area contributed by atoms with Crippen molar-refractivity contribution < 1.29 is 9.53 Å². The Morgan fingerprint density at radius 1 is 1.00 bits per heavy atom. The van der Waals surface area contributed by atoms with Gasteiger partial charge in [0.1, 0.15) is 5.75 Å². The Bertz CT molecular complexity index is 905. The molecule has 0 spiro atoms. The number of ether oxygens (including phenoxy) is 1. The molecule has 2 aromatic carbocycles. The molecule has 1 N–H and O–H groups in total. The van der Waals surface area contributed by atoms with Gasteiger partial charge in [-0.3, -0.25) is 4.79 Å². The zero-order valence-electron chi connectivity index (χ0n) is 14.7. The number of anilines is 1. The first-order valence-electron chi connectivity index (χ1n) is 8.36. The third-order valence-corrected chi connectivity index (χ3v) is 3.92. The number of carbonyl (C=O) groups is 1. The number of rotatable bonds is 5. The summed E-state index contributed by atoms with van der Waals surface area (Å²) in [5.74, 6) is 0.621. The van der Waals surface area contributed by atoms with E-state index in [0.29, 0.717) is 12.2 Å². The van der Waals surface area contributed by atoms with E-state index in [1.54, 1.807) is 12.1 Å². The zero-order chi connectivity index (χ0) is 17.8. The molecule has 3 aromatic rings. The molecule has 0 radical (unpaired) electrons. The van der Waals surface area contributed by atoms with E-state index in [-0.39, 0.29) is 5.91 Å². The molecule has 3 rings (SSSR count). The number of aromatic nitrogens is 2. The summed E-state index contributed by atoms with van der Waals surface area (Å²) in [7, 11) is 0. The van der Waals surface area contributed by atoms with Crippen LogP contribution < -0.4 is 10.1 Å². The average Bonchev–Trinajstić information content (AvgIpc) is 2.61. The summed E-state index contributed by atoms with van der Waals surface area (Å²) in [5, 5.41) is 2.89. The third-order valence-electron chi connectivity index (χ3n) is 3.92. The van der Waals surface area contributed by atoms with Crippen molar-refractivity contribution in [3.63, 3.8) is 0 Å². The number of nitrogens with zero attached hydrogens (tertiary/aromatic N) is 2. The van der Waals surface area contributed by atoms with E-state index >= 15 is 0 Å². The Morgan fingerprint density at radius 3 is 2.36 bits per heavy atom. The van der Waals surface area contributed by atoms with Gasteiger partial charge in [-0.15, -0.1) is 0 Å². The number of hydrogen-bond donors (Lipinski definition) is 1. The second kappa shape index (κ2) is 7.30. The van der Waals surface area contributed by atoms with Crippen molar-refractivity contribution in [1.29, 1.82) is 0 Å². The van der Waals surface area contributed by atoms with E-state index < -0.39 is 0 Å². The average molecular weight is 335 g/mol. The van der Waals surface area contributed by atoms with Crippen LogP contribution in [0.4, 0.5) is 5.69 Å². The quantitative estimate of drug-likeness (QED) is 0.755. The molecule has 0 saturated carbocycles. The second-order valence-corrected chi connectivity index (χ2v) is 5.92. The molecule has 128 valence electrons. The summed E-state index contributed by atoms with van der Waals surface area (Å²) in [6.07, 6.45) is 0.961. The number of nitrogens with one attached hydrogen (secondary N) is 1. The van der Waals surface area contributed by atoms with Crippen LogP contribution in [-0.4, -0.2) is 22.5 Å². The highest BCUT2D eigenvalue weighted by atomic mass is 16.5. The fourth-order valence-corrected chi connectivity index (χ4v) is 2.43. The van der Waals surface area contributed by atoms with E-state index in [2.05, 4.69) is 22.2 Å². The molecular weight excluding hydrogens is 314 g/mol. The molecular formula is C20H21N3O2. The predicted molar refractivity (Wildman–Crippen MR) is 99.2 cm³/mol. The van der Waals surface area contributed by atoms with Crippen LogP contribution in [0.2, 0.25) is 0 Å². The maximum absolute atomic E-state index is 12.5. The van der Waals surface area contributed by atoms with E-state index in [0.717, 1.165) is 40.3 Å². The Hall–Kier alpha value is -2.95. The standard InChI is InChI=1S/C20H21N3O2/c1-4-11-25-17-8-6-16(7-9-17)23-20(24)15-5-10-18-19(12-15)22-14(3)13(2)21-18/h5-10,12H,4,11H2,1-3H3,(H,23,24). The molecule has 0 saturated heterocycles. The third kappa shape index (κ3) is 3.94. The van der Waals surface area contributed by atoms with Gasteiger partial charge in [0.05, 0.1) is 29.0 Å². The topological polar surface area (TPSA) is 64.1 Å². The van der Waals surface area contributed by atoms with Gasteiger partial charge in [0, 0.05) is 11.3 Å². The van der Waals surface area contributed by atoms with Crippen LogP contribution in [0.25, 0.3) is 11.0 Å². The van der Waals surface area contributed by atoms with Gasteiger partial charge in [0.2, 0.25) is 0 Å². The largest absolute Gasteiger partial charge is 0.494 e. The lowest BCUT2D eigenvalue weighted by molar-refractivity contribution is 0.102. The Morgan fingerprint density at radius 2 is 1.68 bits per heavy atom. The minimum Gasteiger partial charge on any atom is -0.494 e. The molecule has 0 aliphatic rings. The highest BCUT2D eigenvalue weighted by molar-refractivity contribution is 6.05. The molecule has 5 nitrogen and oxygen atoms in total. The van der Waals surface area contributed by atoms with Crippen molar-refractivity contribution >= 4 is 22.6 Å². The van der Waals surface area contributed by atoms with Crippen LogP contribution >= 0.6 is 0 Å². The van der Waals surface area contributed by atoms with E-state index in [9.17, 15) is 4.79 Å². The molecule has 1 amide bonds. The molecule has 1 heterocycles. The lowest BCUT2D eigenvalue weighted by Crippen LogP contribution is -2.12. The van der Waals surface area contributed by atoms with Crippen molar-refractivity contribution in [1.82, 2.24) is 9.97 Å². The van der Waals surface area contributed by atoms with Gasteiger partial charge in [0.15, 0.2) is 0 Å². The van der Waals surface area contributed by atoms with Gasteiger partial charge in [-0.05, 0) is 62.7 Å². The van der Waals surface area contributed by atoms with Crippen LogP contribution in [0.3, 0.4) is 0 Å². The smallest absolute Gasteiger partial charge is 0.255 e. The summed E-state index contributed by atoms with van der Waals surface area (Å²) in [5.41, 5.74) is 4.55. The first kappa shape index (κ1) is 16.9. The number of carbonyl (C=O) groups excluding carboxylic acids is 1. The van der Waals surface area contributed by atoms with Crippen LogP contribution in [-0.2, 0) is 0 Å². The van der Waals surface area contributed by atoms with Crippen LogP contribution in [0, 0.1) is 13.8 Å². The summed E-state index contributed by atoms with van der Waals surface area (Å²) in [6, 6.07) is 12.7. The van der Waals surface area contributed by atoms with Crippen LogP contribution in [0.1, 0.15) is 35.1 Å². The summed E-state index contributed by atoms with van der Waals surface area (Å²) >= 11 is 0. The van der Waals surface area contributed by atoms with Crippen LogP contribution in [0.5, 0.6) is 5.75 Å². The molecule has 0 aliphatic carbocycles. The summed E-state index contributed by atoms with van der Waals surface area (Å²) in [4.78, 5) is 21.5. The minimum absolute atomic E-state index is 0.177. The molecule has 0 atom stereocenters. The number of amides is 1. The first-order chi connectivity index (χ1) is 12.1. The van der Waals surface area contributed by atoms with E-state index in [1.165, 1.54) is 0 Å². The van der Waals surface area contributed by atoms with Gasteiger partial charge in [0.25, 0.3) is 5.91 Å². The number of hydrogen-bond acceptors (Lipinski definition) is 4. The highest BCUT2D eigenvalue weighted by Crippen LogP contribution is 2.18. The zero-order valence-corrected chi connectivity index (χ0v) is 14.7. The van der Waals surface area contributed by atoms with Gasteiger partial charge in [-0.2, -0.15) is 0 Å². The second-order valence-electron chi connectivity index (χ2n) is 5.92. The molecule has 1 aromatic heterocycles. The highest BCUT2D eigenvalue weighted by Gasteiger charge is 2.09. The lowest BCUT2D eigenvalue weighted by atomic mass is 10.1. The fraction of sp³-hybridized carbons (Fsp3) is 0.250. The van der Waals surface area contributed by atoms with Gasteiger partial charge in [-0.25, -0.2) is 9.97 Å². The maximum Gasteiger partial charge on any atom is 0.255 e. The molecule has 0 bridgehead atoms. The number of fused-ring (bicyclic) bond motifs is 1. The van der Waals surface area contributed by atoms with Crippen molar-refractivity contribution in [2.45, 2.75) is 27.2 Å². The Balaban J connectivity index is 1.76. The number of aryl methyl sites for hydroxylation is 2. The fourth-order valence-electron chi connectivity index (χ4n) is 2.43. The first-order valence-corrected chi connectivity index (χ1v) is 8.36.